The fourth-order valence-corrected chi connectivity index (χ4v) is 5.13. The summed E-state index contributed by atoms with van der Waals surface area (Å²) < 4.78 is 5.98. The molecule has 26 heavy (non-hydrogen) atoms. The van der Waals surface area contributed by atoms with Crippen LogP contribution in [0, 0.1) is 29.1 Å². The van der Waals surface area contributed by atoms with Crippen molar-refractivity contribution in [3.63, 3.8) is 0 Å². The third-order valence-electron chi connectivity index (χ3n) is 6.16. The molecule has 0 heterocycles. The Hall–Kier alpha value is -1.66. The number of ether oxygens (including phenoxy) is 1. The Balaban J connectivity index is 1.54. The van der Waals surface area contributed by atoms with E-state index in [4.69, 9.17) is 4.74 Å². The van der Waals surface area contributed by atoms with Crippen molar-refractivity contribution in [3.05, 3.63) is 40.9 Å². The number of allylic oxidation sites excluding steroid dienone is 2. The van der Waals surface area contributed by atoms with Crippen LogP contribution in [0.5, 0.6) is 0 Å². The van der Waals surface area contributed by atoms with Gasteiger partial charge < -0.3 is 15.4 Å². The molecule has 0 aromatic heterocycles. The number of carbonyl (C=O) groups excluding carboxylic acids is 2. The Bertz CT molecular complexity index is 742. The highest BCUT2D eigenvalue weighted by Gasteiger charge is 2.69. The van der Waals surface area contributed by atoms with Gasteiger partial charge in [-0.25, -0.2) is 0 Å². The standard InChI is InChI=1S/C20H23BrN2O3/c1-26-11-10-22-18(24)16-14-6-7-15(20(14)8-9-20)17(16)19(25)23-13-4-2-12(21)3-5-13/h2-7,14-17H,8-11H2,1H3,(H,22,24)(H,23,25)/t14-,15+,16-,17-/m1/s1. The molecule has 4 rings (SSSR count). The number of hydrogen-bond acceptors (Lipinski definition) is 3. The monoisotopic (exact) mass is 418 g/mol. The number of carbonyl (C=O) groups is 2. The van der Waals surface area contributed by atoms with Gasteiger partial charge >= 0.3 is 0 Å². The summed E-state index contributed by atoms with van der Waals surface area (Å²) in [5.41, 5.74) is 0.902. The molecule has 0 unspecified atom stereocenters. The van der Waals surface area contributed by atoms with Crippen molar-refractivity contribution < 1.29 is 14.3 Å². The fraction of sp³-hybridized carbons (Fsp3) is 0.500. The number of anilines is 1. The van der Waals surface area contributed by atoms with Crippen LogP contribution in [-0.2, 0) is 14.3 Å². The van der Waals surface area contributed by atoms with Gasteiger partial charge in [-0.1, -0.05) is 28.1 Å². The zero-order chi connectivity index (χ0) is 18.3. The Morgan fingerprint density at radius 1 is 1.12 bits per heavy atom. The second kappa shape index (κ2) is 6.82. The van der Waals surface area contributed by atoms with Crippen molar-refractivity contribution in [3.8, 4) is 0 Å². The second-order valence-corrected chi connectivity index (χ2v) is 8.42. The van der Waals surface area contributed by atoms with E-state index in [9.17, 15) is 9.59 Å². The second-order valence-electron chi connectivity index (χ2n) is 7.50. The van der Waals surface area contributed by atoms with E-state index < -0.39 is 0 Å². The molecule has 2 N–H and O–H groups in total. The summed E-state index contributed by atoms with van der Waals surface area (Å²) in [6, 6.07) is 7.53. The minimum absolute atomic E-state index is 0.0267. The molecule has 3 aliphatic rings. The maximum absolute atomic E-state index is 13.1. The summed E-state index contributed by atoms with van der Waals surface area (Å²) in [6.45, 7) is 0.949. The van der Waals surface area contributed by atoms with Crippen LogP contribution in [0.4, 0.5) is 5.69 Å². The Morgan fingerprint density at radius 3 is 2.31 bits per heavy atom. The van der Waals surface area contributed by atoms with Crippen LogP contribution in [0.25, 0.3) is 0 Å². The van der Waals surface area contributed by atoms with Crippen LogP contribution in [0.3, 0.4) is 0 Å². The molecule has 138 valence electrons. The first kappa shape index (κ1) is 17.7. The van der Waals surface area contributed by atoms with Crippen LogP contribution in [0.15, 0.2) is 40.9 Å². The Labute approximate surface area is 161 Å². The molecule has 2 fully saturated rings. The van der Waals surface area contributed by atoms with Crippen molar-refractivity contribution in [1.82, 2.24) is 5.32 Å². The molecule has 6 heteroatoms. The predicted octanol–water partition coefficient (Wildman–Crippen LogP) is 2.98. The van der Waals surface area contributed by atoms with Gasteiger partial charge in [-0.3, -0.25) is 9.59 Å². The van der Waals surface area contributed by atoms with Gasteiger partial charge in [0.15, 0.2) is 0 Å². The molecule has 2 saturated carbocycles. The molecule has 0 saturated heterocycles. The molecule has 5 nitrogen and oxygen atoms in total. The average molecular weight is 419 g/mol. The number of hydrogen-bond donors (Lipinski definition) is 2. The zero-order valence-corrected chi connectivity index (χ0v) is 16.3. The van der Waals surface area contributed by atoms with Crippen LogP contribution in [-0.4, -0.2) is 32.1 Å². The van der Waals surface area contributed by atoms with E-state index in [2.05, 4.69) is 38.7 Å². The SMILES string of the molecule is COCCNC(=O)[C@H]1[C@H](C(=O)Nc2ccc(Br)cc2)[C@@H]2C=C[C@H]1C21CC1. The van der Waals surface area contributed by atoms with E-state index in [0.717, 1.165) is 23.0 Å². The van der Waals surface area contributed by atoms with Gasteiger partial charge in [-0.05, 0) is 54.4 Å². The van der Waals surface area contributed by atoms with Crippen molar-refractivity contribution in [2.75, 3.05) is 25.6 Å². The van der Waals surface area contributed by atoms with Gasteiger partial charge in [0.2, 0.25) is 11.8 Å². The third kappa shape index (κ3) is 2.89. The summed E-state index contributed by atoms with van der Waals surface area (Å²) in [6.07, 6.45) is 6.56. The molecule has 1 aromatic rings. The normalized spacial score (nSPS) is 29.8. The lowest BCUT2D eigenvalue weighted by Crippen LogP contribution is -2.42. The van der Waals surface area contributed by atoms with E-state index in [1.165, 1.54) is 0 Å². The highest BCUT2D eigenvalue weighted by atomic mass is 79.9. The van der Waals surface area contributed by atoms with Gasteiger partial charge in [0.25, 0.3) is 0 Å². The molecule has 4 atom stereocenters. The predicted molar refractivity (Wildman–Crippen MR) is 102 cm³/mol. The van der Waals surface area contributed by atoms with Gasteiger partial charge in [0.1, 0.15) is 0 Å². The highest BCUT2D eigenvalue weighted by Crippen LogP contribution is 2.72. The first-order chi connectivity index (χ1) is 12.6. The summed E-state index contributed by atoms with van der Waals surface area (Å²) in [4.78, 5) is 25.9. The van der Waals surface area contributed by atoms with Crippen molar-refractivity contribution >= 4 is 33.4 Å². The number of benzene rings is 1. The Morgan fingerprint density at radius 2 is 1.73 bits per heavy atom. The number of halogens is 1. The van der Waals surface area contributed by atoms with Crippen LogP contribution >= 0.6 is 15.9 Å². The summed E-state index contributed by atoms with van der Waals surface area (Å²) in [5, 5.41) is 5.96. The Kier molecular flexibility index (Phi) is 4.65. The molecule has 2 amide bonds. The van der Waals surface area contributed by atoms with E-state index in [-0.39, 0.29) is 40.9 Å². The first-order valence-electron chi connectivity index (χ1n) is 9.08. The molecule has 2 bridgehead atoms. The molecule has 1 spiro atoms. The fourth-order valence-electron chi connectivity index (χ4n) is 4.86. The maximum atomic E-state index is 13.1. The molecular formula is C20H23BrN2O3. The van der Waals surface area contributed by atoms with Crippen molar-refractivity contribution in [1.29, 1.82) is 0 Å². The number of rotatable bonds is 6. The molecule has 0 radical (unpaired) electrons. The maximum Gasteiger partial charge on any atom is 0.228 e. The van der Waals surface area contributed by atoms with Gasteiger partial charge in [-0.2, -0.15) is 0 Å². The lowest BCUT2D eigenvalue weighted by Gasteiger charge is -2.26. The average Bonchev–Trinajstić information content (AvgIpc) is 3.30. The van der Waals surface area contributed by atoms with Crippen LogP contribution < -0.4 is 10.6 Å². The molecule has 3 aliphatic carbocycles. The molecular weight excluding hydrogens is 396 g/mol. The quantitative estimate of drug-likeness (QED) is 0.551. The number of nitrogens with one attached hydrogen (secondary N) is 2. The lowest BCUT2D eigenvalue weighted by atomic mass is 9.81. The van der Waals surface area contributed by atoms with E-state index in [1.54, 1.807) is 7.11 Å². The zero-order valence-electron chi connectivity index (χ0n) is 14.7. The lowest BCUT2D eigenvalue weighted by molar-refractivity contribution is -0.133. The van der Waals surface area contributed by atoms with Crippen molar-refractivity contribution in [2.24, 2.45) is 29.1 Å². The third-order valence-corrected chi connectivity index (χ3v) is 6.69. The van der Waals surface area contributed by atoms with Crippen LogP contribution in [0.2, 0.25) is 0 Å². The van der Waals surface area contributed by atoms with Crippen molar-refractivity contribution in [2.45, 2.75) is 12.8 Å². The minimum atomic E-state index is -0.307. The minimum Gasteiger partial charge on any atom is -0.383 e. The molecule has 0 aliphatic heterocycles. The van der Waals surface area contributed by atoms with E-state index >= 15 is 0 Å². The number of methoxy groups -OCH3 is 1. The highest BCUT2D eigenvalue weighted by molar-refractivity contribution is 9.10. The van der Waals surface area contributed by atoms with E-state index in [1.807, 2.05) is 24.3 Å². The van der Waals surface area contributed by atoms with Crippen LogP contribution in [0.1, 0.15) is 12.8 Å². The summed E-state index contributed by atoms with van der Waals surface area (Å²) >= 11 is 3.40. The summed E-state index contributed by atoms with van der Waals surface area (Å²) in [5.74, 6) is -0.334. The van der Waals surface area contributed by atoms with Gasteiger partial charge in [0, 0.05) is 23.8 Å². The van der Waals surface area contributed by atoms with Gasteiger partial charge in [-0.15, -0.1) is 0 Å². The van der Waals surface area contributed by atoms with Gasteiger partial charge in [0.05, 0.1) is 18.4 Å². The topological polar surface area (TPSA) is 67.4 Å². The molecule has 1 aromatic carbocycles. The largest absolute Gasteiger partial charge is 0.383 e. The summed E-state index contributed by atoms with van der Waals surface area (Å²) in [7, 11) is 1.61. The number of amides is 2. The smallest absolute Gasteiger partial charge is 0.228 e. The van der Waals surface area contributed by atoms with E-state index in [0.29, 0.717) is 13.2 Å². The first-order valence-corrected chi connectivity index (χ1v) is 9.87.